The fourth-order valence-corrected chi connectivity index (χ4v) is 2.94. The van der Waals surface area contributed by atoms with Crippen molar-refractivity contribution in [2.45, 2.75) is 38.1 Å². The number of hydrogen-bond donors (Lipinski definition) is 1. The van der Waals surface area contributed by atoms with Gasteiger partial charge in [-0.25, -0.2) is 0 Å². The zero-order chi connectivity index (χ0) is 13.4. The van der Waals surface area contributed by atoms with Crippen LogP contribution in [0.4, 0.5) is 0 Å². The fraction of sp³-hybridized carbons (Fsp3) is 0.467. The van der Waals surface area contributed by atoms with Crippen LogP contribution in [0, 0.1) is 3.57 Å². The maximum absolute atomic E-state index is 6.08. The zero-order valence-electron chi connectivity index (χ0n) is 10.9. The minimum atomic E-state index is 0.402. The number of nitrogens with one attached hydrogen (secondary N) is 1. The maximum Gasteiger partial charge on any atom is 0.0410 e. The Bertz CT molecular complexity index is 379. The van der Waals surface area contributed by atoms with Gasteiger partial charge in [-0.2, -0.15) is 0 Å². The summed E-state index contributed by atoms with van der Waals surface area (Å²) < 4.78 is 1.28. The highest BCUT2D eigenvalue weighted by molar-refractivity contribution is 14.1. The lowest BCUT2D eigenvalue weighted by Crippen LogP contribution is -2.17. The van der Waals surface area contributed by atoms with E-state index in [9.17, 15) is 0 Å². The van der Waals surface area contributed by atoms with Crippen LogP contribution >= 0.6 is 34.2 Å². The van der Waals surface area contributed by atoms with Crippen molar-refractivity contribution in [3.05, 3.63) is 45.0 Å². The largest absolute Gasteiger partial charge is 0.313 e. The van der Waals surface area contributed by atoms with Gasteiger partial charge in [0.25, 0.3) is 0 Å². The Morgan fingerprint density at radius 1 is 1.39 bits per heavy atom. The Labute approximate surface area is 129 Å². The van der Waals surface area contributed by atoms with Crippen LogP contribution in [0.2, 0.25) is 5.02 Å². The molecule has 0 bridgehead atoms. The zero-order valence-corrected chi connectivity index (χ0v) is 13.8. The average molecular weight is 378 g/mol. The van der Waals surface area contributed by atoms with E-state index in [0.717, 1.165) is 17.9 Å². The van der Waals surface area contributed by atoms with Crippen molar-refractivity contribution >= 4 is 34.2 Å². The van der Waals surface area contributed by atoms with Crippen molar-refractivity contribution in [3.8, 4) is 0 Å². The van der Waals surface area contributed by atoms with Crippen molar-refractivity contribution in [2.24, 2.45) is 0 Å². The molecule has 3 heteroatoms. The lowest BCUT2D eigenvalue weighted by molar-refractivity contribution is 0.506. The second kappa shape index (κ2) is 8.94. The molecule has 0 aliphatic carbocycles. The summed E-state index contributed by atoms with van der Waals surface area (Å²) in [7, 11) is 2.02. The molecule has 0 amide bonds. The predicted molar refractivity (Wildman–Crippen MR) is 89.3 cm³/mol. The highest BCUT2D eigenvalue weighted by atomic mass is 127. The van der Waals surface area contributed by atoms with E-state index < -0.39 is 0 Å². The summed E-state index contributed by atoms with van der Waals surface area (Å²) in [5.74, 6) is 0. The van der Waals surface area contributed by atoms with Crippen LogP contribution in [-0.2, 0) is 0 Å². The molecule has 0 aromatic heterocycles. The third kappa shape index (κ3) is 5.29. The van der Waals surface area contributed by atoms with Gasteiger partial charge in [0.05, 0.1) is 0 Å². The summed E-state index contributed by atoms with van der Waals surface area (Å²) in [6.45, 7) is 3.75. The second-order valence-electron chi connectivity index (χ2n) is 4.43. The quantitative estimate of drug-likeness (QED) is 0.366. The molecule has 0 aliphatic rings. The van der Waals surface area contributed by atoms with E-state index in [1.807, 2.05) is 19.2 Å². The highest BCUT2D eigenvalue weighted by Crippen LogP contribution is 2.27. The van der Waals surface area contributed by atoms with Gasteiger partial charge in [0.15, 0.2) is 0 Å². The van der Waals surface area contributed by atoms with Crippen molar-refractivity contribution in [2.75, 3.05) is 7.05 Å². The molecule has 1 nitrogen and oxygen atoms in total. The van der Waals surface area contributed by atoms with Gasteiger partial charge >= 0.3 is 0 Å². The van der Waals surface area contributed by atoms with Crippen LogP contribution in [0.5, 0.6) is 0 Å². The van der Waals surface area contributed by atoms with Gasteiger partial charge in [-0.05, 0) is 72.7 Å². The van der Waals surface area contributed by atoms with Crippen molar-refractivity contribution in [3.63, 3.8) is 0 Å². The average Bonchev–Trinajstić information content (AvgIpc) is 2.37. The van der Waals surface area contributed by atoms with E-state index in [2.05, 4.69) is 46.6 Å². The number of allylic oxidation sites excluding steroid dienone is 1. The van der Waals surface area contributed by atoms with Gasteiger partial charge in [-0.3, -0.25) is 0 Å². The number of rotatable bonds is 8. The molecule has 1 unspecified atom stereocenters. The van der Waals surface area contributed by atoms with Gasteiger partial charge in [0, 0.05) is 14.6 Å². The first kappa shape index (κ1) is 16.0. The van der Waals surface area contributed by atoms with Crippen molar-refractivity contribution < 1.29 is 0 Å². The Hall–Kier alpha value is -0.0600. The minimum Gasteiger partial charge on any atom is -0.313 e. The number of unbranched alkanes of at least 4 members (excludes halogenated alkanes) is 3. The molecule has 1 rings (SSSR count). The second-order valence-corrected chi connectivity index (χ2v) is 6.03. The first-order valence-electron chi connectivity index (χ1n) is 6.42. The SMILES string of the molecule is C=CCCCCCC(NC)c1cc(Cl)ccc1I. The fourth-order valence-electron chi connectivity index (χ4n) is 2.05. The third-order valence-electron chi connectivity index (χ3n) is 3.08. The molecule has 1 atom stereocenters. The van der Waals surface area contributed by atoms with Crippen LogP contribution < -0.4 is 5.32 Å². The highest BCUT2D eigenvalue weighted by Gasteiger charge is 2.12. The summed E-state index contributed by atoms with van der Waals surface area (Å²) in [4.78, 5) is 0. The molecule has 0 spiro atoms. The normalized spacial score (nSPS) is 12.4. The van der Waals surface area contributed by atoms with Crippen LogP contribution in [0.3, 0.4) is 0 Å². The summed E-state index contributed by atoms with van der Waals surface area (Å²) in [5.41, 5.74) is 1.31. The Morgan fingerprint density at radius 3 is 2.83 bits per heavy atom. The molecule has 1 N–H and O–H groups in total. The Morgan fingerprint density at radius 2 is 2.17 bits per heavy atom. The van der Waals surface area contributed by atoms with E-state index in [4.69, 9.17) is 11.6 Å². The maximum atomic E-state index is 6.08. The van der Waals surface area contributed by atoms with Gasteiger partial charge < -0.3 is 5.32 Å². The number of hydrogen-bond acceptors (Lipinski definition) is 1. The third-order valence-corrected chi connectivity index (χ3v) is 4.30. The first-order valence-corrected chi connectivity index (χ1v) is 7.87. The molecule has 0 radical (unpaired) electrons. The van der Waals surface area contributed by atoms with Crippen LogP contribution in [0.1, 0.15) is 43.7 Å². The Kier molecular flexibility index (Phi) is 7.95. The van der Waals surface area contributed by atoms with Gasteiger partial charge in [0.1, 0.15) is 0 Å². The molecule has 1 aromatic carbocycles. The lowest BCUT2D eigenvalue weighted by Gasteiger charge is -2.18. The smallest absolute Gasteiger partial charge is 0.0410 e. The summed E-state index contributed by atoms with van der Waals surface area (Å²) in [6.07, 6.45) is 8.02. The van der Waals surface area contributed by atoms with E-state index in [0.29, 0.717) is 6.04 Å². The molecule has 1 aromatic rings. The summed E-state index contributed by atoms with van der Waals surface area (Å²) in [6, 6.07) is 6.51. The van der Waals surface area contributed by atoms with Crippen molar-refractivity contribution in [1.29, 1.82) is 0 Å². The van der Waals surface area contributed by atoms with E-state index in [1.54, 1.807) is 0 Å². The van der Waals surface area contributed by atoms with E-state index in [-0.39, 0.29) is 0 Å². The van der Waals surface area contributed by atoms with Gasteiger partial charge in [-0.1, -0.05) is 30.5 Å². The number of halogens is 2. The molecule has 0 saturated heterocycles. The number of benzene rings is 1. The molecule has 0 saturated carbocycles. The minimum absolute atomic E-state index is 0.402. The topological polar surface area (TPSA) is 12.0 Å². The Balaban J connectivity index is 2.54. The molecule has 18 heavy (non-hydrogen) atoms. The first-order chi connectivity index (χ1) is 8.69. The van der Waals surface area contributed by atoms with Crippen LogP contribution in [0.15, 0.2) is 30.9 Å². The van der Waals surface area contributed by atoms with Crippen LogP contribution in [-0.4, -0.2) is 7.05 Å². The molecule has 0 fully saturated rings. The van der Waals surface area contributed by atoms with Crippen molar-refractivity contribution in [1.82, 2.24) is 5.32 Å². The monoisotopic (exact) mass is 377 g/mol. The van der Waals surface area contributed by atoms with E-state index >= 15 is 0 Å². The van der Waals surface area contributed by atoms with Gasteiger partial charge in [0.2, 0.25) is 0 Å². The van der Waals surface area contributed by atoms with Gasteiger partial charge in [-0.15, -0.1) is 6.58 Å². The lowest BCUT2D eigenvalue weighted by atomic mass is 10.00. The molecule has 100 valence electrons. The summed E-state index contributed by atoms with van der Waals surface area (Å²) in [5, 5.41) is 4.21. The van der Waals surface area contributed by atoms with Crippen LogP contribution in [0.25, 0.3) is 0 Å². The van der Waals surface area contributed by atoms with E-state index in [1.165, 1.54) is 28.4 Å². The standard InChI is InChI=1S/C15H21ClIN/c1-3-4-5-6-7-8-15(18-2)13-11-12(16)9-10-14(13)17/h3,9-11,15,18H,1,4-8H2,2H3. The summed E-state index contributed by atoms with van der Waals surface area (Å²) >= 11 is 8.46. The molecule has 0 heterocycles. The molecule has 0 aliphatic heterocycles. The molecular formula is C15H21ClIN. The molecular weight excluding hydrogens is 357 g/mol. The predicted octanol–water partition coefficient (Wildman–Crippen LogP) is 5.34.